The summed E-state index contributed by atoms with van der Waals surface area (Å²) >= 11 is 0. The Morgan fingerprint density at radius 1 is 1.11 bits per heavy atom. The van der Waals surface area contributed by atoms with E-state index in [1.807, 2.05) is 0 Å². The number of nitro groups is 1. The van der Waals surface area contributed by atoms with Crippen molar-refractivity contribution in [2.24, 2.45) is 5.10 Å². The van der Waals surface area contributed by atoms with Gasteiger partial charge in [0.2, 0.25) is 5.88 Å². The molecule has 0 unspecified atom stereocenters. The lowest BCUT2D eigenvalue weighted by Crippen LogP contribution is -2.17. The number of amides is 1. The quantitative estimate of drug-likeness (QED) is 0.408. The van der Waals surface area contributed by atoms with Crippen LogP contribution in [0.5, 0.6) is 11.6 Å². The Hall–Kier alpha value is -4.14. The molecule has 27 heavy (non-hydrogen) atoms. The van der Waals surface area contributed by atoms with Crippen molar-refractivity contribution >= 4 is 17.8 Å². The van der Waals surface area contributed by atoms with Crippen molar-refractivity contribution in [2.75, 3.05) is 0 Å². The highest BCUT2D eigenvalue weighted by Crippen LogP contribution is 2.21. The zero-order valence-electron chi connectivity index (χ0n) is 13.9. The van der Waals surface area contributed by atoms with Crippen molar-refractivity contribution in [1.29, 1.82) is 0 Å². The molecule has 0 fully saturated rings. The fourth-order valence-electron chi connectivity index (χ4n) is 2.02. The van der Waals surface area contributed by atoms with E-state index >= 15 is 0 Å². The number of hydrazone groups is 1. The van der Waals surface area contributed by atoms with Crippen LogP contribution in [0.2, 0.25) is 0 Å². The molecule has 1 amide bonds. The normalized spacial score (nSPS) is 10.5. The van der Waals surface area contributed by atoms with Crippen LogP contribution in [0, 0.1) is 10.1 Å². The van der Waals surface area contributed by atoms with Crippen molar-refractivity contribution < 1.29 is 14.5 Å². The molecule has 9 heteroatoms. The van der Waals surface area contributed by atoms with E-state index in [0.717, 1.165) is 11.8 Å². The maximum atomic E-state index is 11.8. The number of ether oxygens (including phenoxy) is 1. The lowest BCUT2D eigenvalue weighted by Gasteiger charge is -2.04. The zero-order chi connectivity index (χ0) is 19.1. The van der Waals surface area contributed by atoms with Crippen molar-refractivity contribution in [3.63, 3.8) is 0 Å². The summed E-state index contributed by atoms with van der Waals surface area (Å²) in [5, 5.41) is 14.5. The van der Waals surface area contributed by atoms with Crippen LogP contribution in [0.25, 0.3) is 0 Å². The molecule has 0 radical (unpaired) electrons. The lowest BCUT2D eigenvalue weighted by molar-refractivity contribution is -0.385. The van der Waals surface area contributed by atoms with Crippen LogP contribution in [-0.2, 0) is 0 Å². The number of pyridine rings is 2. The Labute approximate surface area is 153 Å². The van der Waals surface area contributed by atoms with Gasteiger partial charge in [0.1, 0.15) is 11.9 Å². The van der Waals surface area contributed by atoms with E-state index in [4.69, 9.17) is 4.74 Å². The van der Waals surface area contributed by atoms with Crippen LogP contribution in [-0.4, -0.2) is 27.0 Å². The van der Waals surface area contributed by atoms with E-state index in [9.17, 15) is 14.9 Å². The molecule has 3 aromatic rings. The van der Waals surface area contributed by atoms with Gasteiger partial charge in [-0.05, 0) is 42.0 Å². The third-order valence-corrected chi connectivity index (χ3v) is 3.36. The Balaban J connectivity index is 1.56. The standard InChI is InChI=1S/C18H13N5O4/c24-18(14-7-9-19-10-8-14)22-21-11-13-1-4-16(5-2-13)27-17-6-3-15(12-20-17)23(25)26/h1-12H,(H,22,24). The van der Waals surface area contributed by atoms with Crippen molar-refractivity contribution in [2.45, 2.75) is 0 Å². The van der Waals surface area contributed by atoms with E-state index < -0.39 is 4.92 Å². The van der Waals surface area contributed by atoms with Gasteiger partial charge >= 0.3 is 0 Å². The van der Waals surface area contributed by atoms with Crippen LogP contribution >= 0.6 is 0 Å². The van der Waals surface area contributed by atoms with Gasteiger partial charge in [0.15, 0.2) is 0 Å². The average molecular weight is 363 g/mol. The van der Waals surface area contributed by atoms with Crippen LogP contribution < -0.4 is 10.2 Å². The van der Waals surface area contributed by atoms with Gasteiger partial charge in [-0.1, -0.05) is 0 Å². The van der Waals surface area contributed by atoms with Crippen LogP contribution in [0.15, 0.2) is 72.2 Å². The molecule has 1 aromatic carbocycles. The summed E-state index contributed by atoms with van der Waals surface area (Å²) in [7, 11) is 0. The minimum absolute atomic E-state index is 0.109. The van der Waals surface area contributed by atoms with Gasteiger partial charge in [-0.3, -0.25) is 19.9 Å². The predicted molar refractivity (Wildman–Crippen MR) is 96.7 cm³/mol. The lowest BCUT2D eigenvalue weighted by atomic mass is 10.2. The Bertz CT molecular complexity index is 957. The summed E-state index contributed by atoms with van der Waals surface area (Å²) in [6.07, 6.45) is 5.67. The number of nitrogens with zero attached hydrogens (tertiary/aromatic N) is 4. The molecule has 2 heterocycles. The van der Waals surface area contributed by atoms with Crippen molar-refractivity contribution in [3.8, 4) is 11.6 Å². The largest absolute Gasteiger partial charge is 0.439 e. The van der Waals surface area contributed by atoms with Crippen LogP contribution in [0.3, 0.4) is 0 Å². The molecule has 0 atom stereocenters. The second kappa shape index (κ2) is 8.30. The molecular formula is C18H13N5O4. The van der Waals surface area contributed by atoms with Crippen LogP contribution in [0.1, 0.15) is 15.9 Å². The van der Waals surface area contributed by atoms with Gasteiger partial charge in [0, 0.05) is 30.1 Å². The van der Waals surface area contributed by atoms with Crippen LogP contribution in [0.4, 0.5) is 5.69 Å². The van der Waals surface area contributed by atoms with E-state index in [1.54, 1.807) is 36.4 Å². The molecule has 0 spiro atoms. The summed E-state index contributed by atoms with van der Waals surface area (Å²) in [6.45, 7) is 0. The first-order chi connectivity index (χ1) is 13.1. The molecule has 0 bridgehead atoms. The summed E-state index contributed by atoms with van der Waals surface area (Å²) in [5.74, 6) is 0.416. The number of rotatable bonds is 6. The molecule has 134 valence electrons. The molecule has 2 aromatic heterocycles. The highest BCUT2D eigenvalue weighted by Gasteiger charge is 2.06. The number of carbonyl (C=O) groups excluding carboxylic acids is 1. The monoisotopic (exact) mass is 363 g/mol. The smallest absolute Gasteiger partial charge is 0.287 e. The molecule has 0 aliphatic rings. The van der Waals surface area contributed by atoms with E-state index in [2.05, 4.69) is 20.5 Å². The van der Waals surface area contributed by atoms with E-state index in [0.29, 0.717) is 11.3 Å². The topological polar surface area (TPSA) is 120 Å². The van der Waals surface area contributed by atoms with Gasteiger partial charge in [0.25, 0.3) is 11.6 Å². The Kier molecular flexibility index (Phi) is 5.43. The first-order valence-electron chi connectivity index (χ1n) is 7.73. The Morgan fingerprint density at radius 3 is 2.48 bits per heavy atom. The minimum Gasteiger partial charge on any atom is -0.439 e. The van der Waals surface area contributed by atoms with E-state index in [-0.39, 0.29) is 17.5 Å². The molecular weight excluding hydrogens is 350 g/mol. The highest BCUT2D eigenvalue weighted by molar-refractivity contribution is 5.94. The van der Waals surface area contributed by atoms with Gasteiger partial charge < -0.3 is 4.74 Å². The SMILES string of the molecule is O=C(NN=Cc1ccc(Oc2ccc([N+](=O)[O-])cn2)cc1)c1ccncc1. The summed E-state index contributed by atoms with van der Waals surface area (Å²) in [4.78, 5) is 29.6. The molecule has 0 saturated carbocycles. The molecule has 1 N–H and O–H groups in total. The summed E-state index contributed by atoms with van der Waals surface area (Å²) < 4.78 is 5.51. The van der Waals surface area contributed by atoms with Gasteiger partial charge in [-0.25, -0.2) is 10.4 Å². The molecule has 0 aliphatic heterocycles. The van der Waals surface area contributed by atoms with E-state index in [1.165, 1.54) is 30.7 Å². The highest BCUT2D eigenvalue weighted by atomic mass is 16.6. The molecule has 0 saturated heterocycles. The molecule has 3 rings (SSSR count). The van der Waals surface area contributed by atoms with Gasteiger partial charge in [-0.2, -0.15) is 5.10 Å². The first kappa shape index (κ1) is 17.7. The fraction of sp³-hybridized carbons (Fsp3) is 0. The number of nitrogens with one attached hydrogen (secondary N) is 1. The summed E-state index contributed by atoms with van der Waals surface area (Å²) in [6, 6.07) is 12.8. The third-order valence-electron chi connectivity index (χ3n) is 3.36. The average Bonchev–Trinajstić information content (AvgIpc) is 2.70. The fourth-order valence-corrected chi connectivity index (χ4v) is 2.02. The predicted octanol–water partition coefficient (Wildman–Crippen LogP) is 2.94. The molecule has 9 nitrogen and oxygen atoms in total. The molecule has 0 aliphatic carbocycles. The third kappa shape index (κ3) is 4.92. The first-order valence-corrected chi connectivity index (χ1v) is 7.73. The second-order valence-electron chi connectivity index (χ2n) is 5.22. The van der Waals surface area contributed by atoms with Gasteiger partial charge in [-0.15, -0.1) is 0 Å². The number of aromatic nitrogens is 2. The van der Waals surface area contributed by atoms with Crippen molar-refractivity contribution in [3.05, 3.63) is 88.4 Å². The van der Waals surface area contributed by atoms with Gasteiger partial charge in [0.05, 0.1) is 11.1 Å². The zero-order valence-corrected chi connectivity index (χ0v) is 13.9. The maximum Gasteiger partial charge on any atom is 0.287 e. The summed E-state index contributed by atoms with van der Waals surface area (Å²) in [5.41, 5.74) is 3.52. The number of hydrogen-bond donors (Lipinski definition) is 1. The maximum absolute atomic E-state index is 11.8. The number of carbonyl (C=O) groups is 1. The Morgan fingerprint density at radius 2 is 1.85 bits per heavy atom. The van der Waals surface area contributed by atoms with Crippen molar-refractivity contribution in [1.82, 2.24) is 15.4 Å². The second-order valence-corrected chi connectivity index (χ2v) is 5.22. The minimum atomic E-state index is -0.529. The number of benzene rings is 1. The number of hydrogen-bond acceptors (Lipinski definition) is 7.